The van der Waals surface area contributed by atoms with Crippen LogP contribution in [0.2, 0.25) is 0 Å². The van der Waals surface area contributed by atoms with E-state index in [2.05, 4.69) is 6.58 Å². The molecule has 0 saturated heterocycles. The fourth-order valence-electron chi connectivity index (χ4n) is 0.0546. The standard InChI is InChI=1S/C4H8FN/c1-4(2-5)3-6/h1-3,6H2. The number of halogens is 1. The molecular weight excluding hydrogens is 81.0 g/mol. The summed E-state index contributed by atoms with van der Waals surface area (Å²) in [6.07, 6.45) is 0. The van der Waals surface area contributed by atoms with Crippen LogP contribution >= 0.6 is 0 Å². The second-order valence-electron chi connectivity index (χ2n) is 1.09. The molecule has 6 heavy (non-hydrogen) atoms. The normalized spacial score (nSPS) is 8.33. The molecule has 0 radical (unpaired) electrons. The molecule has 0 fully saturated rings. The van der Waals surface area contributed by atoms with Crippen LogP contribution < -0.4 is 5.73 Å². The summed E-state index contributed by atoms with van der Waals surface area (Å²) in [5, 5.41) is 0. The van der Waals surface area contributed by atoms with Crippen LogP contribution in [0.3, 0.4) is 0 Å². The third-order valence-corrected chi connectivity index (χ3v) is 0.478. The predicted molar refractivity (Wildman–Crippen MR) is 24.2 cm³/mol. The van der Waals surface area contributed by atoms with E-state index in [1.807, 2.05) is 0 Å². The van der Waals surface area contributed by atoms with E-state index in [0.29, 0.717) is 5.57 Å². The molecule has 0 aromatic heterocycles. The van der Waals surface area contributed by atoms with Crippen molar-refractivity contribution >= 4 is 0 Å². The Morgan fingerprint density at radius 1 is 1.83 bits per heavy atom. The molecule has 1 nitrogen and oxygen atoms in total. The van der Waals surface area contributed by atoms with Crippen molar-refractivity contribution in [2.75, 3.05) is 13.2 Å². The summed E-state index contributed by atoms with van der Waals surface area (Å²) >= 11 is 0. The fraction of sp³-hybridized carbons (Fsp3) is 0.500. The van der Waals surface area contributed by atoms with Crippen molar-refractivity contribution in [3.8, 4) is 0 Å². The van der Waals surface area contributed by atoms with E-state index in [-0.39, 0.29) is 6.54 Å². The van der Waals surface area contributed by atoms with Crippen LogP contribution in [-0.4, -0.2) is 13.2 Å². The van der Waals surface area contributed by atoms with E-state index >= 15 is 0 Å². The Labute approximate surface area is 36.6 Å². The van der Waals surface area contributed by atoms with Crippen LogP contribution in [0.15, 0.2) is 12.2 Å². The van der Waals surface area contributed by atoms with E-state index in [1.54, 1.807) is 0 Å². The average Bonchev–Trinajstić information content (AvgIpc) is 1.65. The molecule has 0 aliphatic rings. The summed E-state index contributed by atoms with van der Waals surface area (Å²) in [7, 11) is 0. The predicted octanol–water partition coefficient (Wildman–Crippen LogP) is 0.471. The van der Waals surface area contributed by atoms with Crippen molar-refractivity contribution in [3.63, 3.8) is 0 Å². The highest BCUT2D eigenvalue weighted by Gasteiger charge is 1.81. The number of hydrogen-bond donors (Lipinski definition) is 1. The van der Waals surface area contributed by atoms with Crippen molar-refractivity contribution in [3.05, 3.63) is 12.2 Å². The Morgan fingerprint density at radius 2 is 2.33 bits per heavy atom. The number of rotatable bonds is 2. The minimum atomic E-state index is -0.490. The molecule has 0 spiro atoms. The van der Waals surface area contributed by atoms with E-state index < -0.39 is 6.67 Å². The van der Waals surface area contributed by atoms with Gasteiger partial charge in [0, 0.05) is 6.54 Å². The fourth-order valence-corrected chi connectivity index (χ4v) is 0.0546. The lowest BCUT2D eigenvalue weighted by atomic mass is 10.3. The maximum absolute atomic E-state index is 11.2. The third-order valence-electron chi connectivity index (χ3n) is 0.478. The summed E-state index contributed by atoms with van der Waals surface area (Å²) in [4.78, 5) is 0. The van der Waals surface area contributed by atoms with Crippen LogP contribution in [0.1, 0.15) is 0 Å². The Morgan fingerprint density at radius 3 is 2.33 bits per heavy atom. The highest BCUT2D eigenvalue weighted by molar-refractivity contribution is 4.94. The van der Waals surface area contributed by atoms with Crippen molar-refractivity contribution in [2.24, 2.45) is 5.73 Å². The third kappa shape index (κ3) is 1.91. The second kappa shape index (κ2) is 2.85. The molecular formula is C4H8FN. The lowest BCUT2D eigenvalue weighted by molar-refractivity contribution is 0.539. The SMILES string of the molecule is C=C(CN)CF. The summed E-state index contributed by atoms with van der Waals surface area (Å²) in [5.74, 6) is 0. The van der Waals surface area contributed by atoms with Gasteiger partial charge in [0.1, 0.15) is 6.67 Å². The summed E-state index contributed by atoms with van der Waals surface area (Å²) < 4.78 is 11.2. The van der Waals surface area contributed by atoms with Gasteiger partial charge in [-0.25, -0.2) is 4.39 Å². The van der Waals surface area contributed by atoms with Crippen molar-refractivity contribution in [2.45, 2.75) is 0 Å². The maximum Gasteiger partial charge on any atom is 0.111 e. The van der Waals surface area contributed by atoms with Crippen LogP contribution in [0.25, 0.3) is 0 Å². The Balaban J connectivity index is 2.99. The first kappa shape index (κ1) is 5.63. The van der Waals surface area contributed by atoms with Gasteiger partial charge in [-0.05, 0) is 5.57 Å². The van der Waals surface area contributed by atoms with E-state index in [1.165, 1.54) is 0 Å². The molecule has 0 heterocycles. The number of nitrogens with two attached hydrogens (primary N) is 1. The topological polar surface area (TPSA) is 26.0 Å². The molecule has 0 atom stereocenters. The Kier molecular flexibility index (Phi) is 2.67. The summed E-state index contributed by atoms with van der Waals surface area (Å²) in [6.45, 7) is 3.06. The van der Waals surface area contributed by atoms with Gasteiger partial charge in [-0.1, -0.05) is 6.58 Å². The first-order valence-corrected chi connectivity index (χ1v) is 1.74. The zero-order valence-electron chi connectivity index (χ0n) is 3.58. The lowest BCUT2D eigenvalue weighted by Crippen LogP contribution is -2.02. The van der Waals surface area contributed by atoms with Gasteiger partial charge in [-0.15, -0.1) is 0 Å². The van der Waals surface area contributed by atoms with Crippen LogP contribution in [0.4, 0.5) is 4.39 Å². The first-order valence-electron chi connectivity index (χ1n) is 1.74. The molecule has 36 valence electrons. The van der Waals surface area contributed by atoms with Gasteiger partial charge in [0.2, 0.25) is 0 Å². The molecule has 0 amide bonds. The Hall–Kier alpha value is -0.370. The zero-order chi connectivity index (χ0) is 4.99. The largest absolute Gasteiger partial charge is 0.327 e. The molecule has 2 heteroatoms. The molecule has 0 aliphatic carbocycles. The van der Waals surface area contributed by atoms with Crippen LogP contribution in [0.5, 0.6) is 0 Å². The van der Waals surface area contributed by atoms with E-state index in [0.717, 1.165) is 0 Å². The second-order valence-corrected chi connectivity index (χ2v) is 1.09. The monoisotopic (exact) mass is 89.1 g/mol. The van der Waals surface area contributed by atoms with Crippen molar-refractivity contribution < 1.29 is 4.39 Å². The van der Waals surface area contributed by atoms with Gasteiger partial charge in [-0.3, -0.25) is 0 Å². The minimum absolute atomic E-state index is 0.260. The molecule has 0 saturated carbocycles. The van der Waals surface area contributed by atoms with Gasteiger partial charge >= 0.3 is 0 Å². The smallest absolute Gasteiger partial charge is 0.111 e. The van der Waals surface area contributed by atoms with Crippen molar-refractivity contribution in [1.29, 1.82) is 0 Å². The number of hydrogen-bond acceptors (Lipinski definition) is 1. The molecule has 0 aliphatic heterocycles. The molecule has 0 unspecified atom stereocenters. The van der Waals surface area contributed by atoms with Crippen molar-refractivity contribution in [1.82, 2.24) is 0 Å². The van der Waals surface area contributed by atoms with Gasteiger partial charge in [0.05, 0.1) is 0 Å². The maximum atomic E-state index is 11.2. The quantitative estimate of drug-likeness (QED) is 0.489. The summed E-state index contributed by atoms with van der Waals surface area (Å²) in [6, 6.07) is 0. The Bertz CT molecular complexity index is 45.5. The highest BCUT2D eigenvalue weighted by Crippen LogP contribution is 1.82. The molecule has 0 aromatic rings. The molecule has 0 aromatic carbocycles. The number of alkyl halides is 1. The van der Waals surface area contributed by atoms with Gasteiger partial charge in [0.15, 0.2) is 0 Å². The average molecular weight is 89.1 g/mol. The van der Waals surface area contributed by atoms with E-state index in [4.69, 9.17) is 5.73 Å². The highest BCUT2D eigenvalue weighted by atomic mass is 19.1. The van der Waals surface area contributed by atoms with Gasteiger partial charge in [0.25, 0.3) is 0 Å². The van der Waals surface area contributed by atoms with E-state index in [9.17, 15) is 4.39 Å². The zero-order valence-corrected chi connectivity index (χ0v) is 3.58. The minimum Gasteiger partial charge on any atom is -0.327 e. The van der Waals surface area contributed by atoms with Crippen LogP contribution in [-0.2, 0) is 0 Å². The summed E-state index contributed by atoms with van der Waals surface area (Å²) in [5.41, 5.74) is 5.40. The molecule has 2 N–H and O–H groups in total. The molecule has 0 bridgehead atoms. The lowest BCUT2D eigenvalue weighted by Gasteiger charge is -1.86. The first-order chi connectivity index (χ1) is 2.81. The van der Waals surface area contributed by atoms with Gasteiger partial charge < -0.3 is 5.73 Å². The molecule has 0 rings (SSSR count). The van der Waals surface area contributed by atoms with Crippen LogP contribution in [0, 0.1) is 0 Å². The van der Waals surface area contributed by atoms with Gasteiger partial charge in [-0.2, -0.15) is 0 Å².